The molecule has 0 atom stereocenters. The largest absolute Gasteiger partial charge is 0.496 e. The summed E-state index contributed by atoms with van der Waals surface area (Å²) in [7, 11) is -6.23. The lowest BCUT2D eigenvalue weighted by molar-refractivity contribution is 0.0720. The number of nitrogens with zero attached hydrogens (tertiary/aromatic N) is 2. The lowest BCUT2D eigenvalue weighted by atomic mass is 10.1. The highest BCUT2D eigenvalue weighted by molar-refractivity contribution is 7.92. The first kappa shape index (κ1) is 26.4. The summed E-state index contributed by atoms with van der Waals surface area (Å²) in [6.07, 6.45) is 6.60. The number of anilines is 1. The summed E-state index contributed by atoms with van der Waals surface area (Å²) in [6.45, 7) is 2.24. The van der Waals surface area contributed by atoms with Crippen LogP contribution < -0.4 is 9.46 Å². The molecule has 36 heavy (non-hydrogen) atoms. The molecule has 0 aromatic heterocycles. The van der Waals surface area contributed by atoms with E-state index in [1.54, 1.807) is 4.90 Å². The zero-order valence-corrected chi connectivity index (χ0v) is 22.1. The van der Waals surface area contributed by atoms with Crippen molar-refractivity contribution < 1.29 is 26.4 Å². The number of hydrogen-bond donors (Lipinski definition) is 1. The number of amides is 1. The van der Waals surface area contributed by atoms with Crippen molar-refractivity contribution in [3.8, 4) is 5.75 Å². The van der Waals surface area contributed by atoms with Gasteiger partial charge in [-0.25, -0.2) is 16.8 Å². The number of nitrogens with one attached hydrogen (secondary N) is 1. The Hall–Kier alpha value is -2.63. The molecule has 0 saturated carbocycles. The topological polar surface area (TPSA) is 113 Å². The summed E-state index contributed by atoms with van der Waals surface area (Å²) in [6, 6.07) is 9.89. The van der Waals surface area contributed by atoms with E-state index in [2.05, 4.69) is 4.72 Å². The van der Waals surface area contributed by atoms with Crippen LogP contribution in [-0.2, 0) is 20.0 Å². The maximum absolute atomic E-state index is 13.1. The van der Waals surface area contributed by atoms with E-state index < -0.39 is 20.0 Å². The summed E-state index contributed by atoms with van der Waals surface area (Å²) in [5.74, 6) is 0.0549. The highest BCUT2D eigenvalue weighted by Gasteiger charge is 2.26. The molecule has 0 bridgehead atoms. The molecule has 2 aromatic rings. The molecule has 2 aliphatic rings. The van der Waals surface area contributed by atoms with Gasteiger partial charge in [0.05, 0.1) is 22.5 Å². The normalized spacial score (nSPS) is 17.9. The molecule has 196 valence electrons. The van der Waals surface area contributed by atoms with Crippen LogP contribution in [0, 0.1) is 0 Å². The molecule has 11 heteroatoms. The highest BCUT2D eigenvalue weighted by Crippen LogP contribution is 2.27. The van der Waals surface area contributed by atoms with Crippen LogP contribution >= 0.6 is 0 Å². The minimum absolute atomic E-state index is 0.0788. The Balaban J connectivity index is 1.53. The Morgan fingerprint density at radius 1 is 0.778 bits per heavy atom. The summed E-state index contributed by atoms with van der Waals surface area (Å²) in [5.41, 5.74) is 0.422. The van der Waals surface area contributed by atoms with Crippen LogP contribution in [0.1, 0.15) is 55.3 Å². The SMILES string of the molecule is COc1ccc(S(=O)(=O)Nc2ccc(S(=O)(=O)N3CCCCCC3)cc2)cc1C(=O)N1CCCCC1. The van der Waals surface area contributed by atoms with Crippen LogP contribution in [0.5, 0.6) is 5.75 Å². The Bertz CT molecular complexity index is 1280. The zero-order chi connectivity index (χ0) is 25.8. The van der Waals surface area contributed by atoms with Crippen LogP contribution in [0.15, 0.2) is 52.3 Å². The van der Waals surface area contributed by atoms with Gasteiger partial charge < -0.3 is 9.64 Å². The van der Waals surface area contributed by atoms with E-state index in [4.69, 9.17) is 4.74 Å². The van der Waals surface area contributed by atoms with Crippen molar-refractivity contribution in [1.29, 1.82) is 0 Å². The van der Waals surface area contributed by atoms with Crippen LogP contribution in [0.4, 0.5) is 5.69 Å². The second-order valence-corrected chi connectivity index (χ2v) is 12.8. The fourth-order valence-corrected chi connectivity index (χ4v) is 7.23. The van der Waals surface area contributed by atoms with Gasteiger partial charge in [0.2, 0.25) is 10.0 Å². The summed E-state index contributed by atoms with van der Waals surface area (Å²) < 4.78 is 61.5. The Labute approximate surface area is 213 Å². The molecular formula is C25H33N3O6S2. The first-order valence-electron chi connectivity index (χ1n) is 12.3. The van der Waals surface area contributed by atoms with E-state index >= 15 is 0 Å². The molecule has 1 N–H and O–H groups in total. The van der Waals surface area contributed by atoms with Gasteiger partial charge in [-0.15, -0.1) is 0 Å². The third kappa shape index (κ3) is 5.84. The molecule has 9 nitrogen and oxygen atoms in total. The molecule has 4 rings (SSSR count). The van der Waals surface area contributed by atoms with Crippen molar-refractivity contribution in [2.45, 2.75) is 54.7 Å². The molecule has 0 spiro atoms. The average Bonchev–Trinajstić information content (AvgIpc) is 3.19. The third-order valence-electron chi connectivity index (χ3n) is 6.66. The maximum Gasteiger partial charge on any atom is 0.261 e. The van der Waals surface area contributed by atoms with Gasteiger partial charge >= 0.3 is 0 Å². The number of sulfonamides is 2. The number of benzene rings is 2. The first-order chi connectivity index (χ1) is 17.2. The second-order valence-electron chi connectivity index (χ2n) is 9.16. The highest BCUT2D eigenvalue weighted by atomic mass is 32.2. The third-order valence-corrected chi connectivity index (χ3v) is 9.96. The second kappa shape index (κ2) is 11.2. The van der Waals surface area contributed by atoms with Gasteiger partial charge in [-0.05, 0) is 74.6 Å². The minimum atomic E-state index is -4.03. The molecule has 2 saturated heterocycles. The summed E-state index contributed by atoms with van der Waals surface area (Å²) >= 11 is 0. The van der Waals surface area contributed by atoms with Crippen molar-refractivity contribution in [2.75, 3.05) is 38.0 Å². The van der Waals surface area contributed by atoms with E-state index in [1.807, 2.05) is 0 Å². The van der Waals surface area contributed by atoms with Crippen LogP contribution in [-0.4, -0.2) is 65.2 Å². The van der Waals surface area contributed by atoms with Crippen molar-refractivity contribution in [3.63, 3.8) is 0 Å². The molecule has 0 aliphatic carbocycles. The van der Waals surface area contributed by atoms with Crippen molar-refractivity contribution in [1.82, 2.24) is 9.21 Å². The predicted octanol–water partition coefficient (Wildman–Crippen LogP) is 3.69. The monoisotopic (exact) mass is 535 g/mol. The quantitative estimate of drug-likeness (QED) is 0.579. The van der Waals surface area contributed by atoms with Gasteiger partial charge in [0.1, 0.15) is 5.75 Å². The maximum atomic E-state index is 13.1. The lowest BCUT2D eigenvalue weighted by Gasteiger charge is -2.27. The number of methoxy groups -OCH3 is 1. The molecule has 0 unspecified atom stereocenters. The van der Waals surface area contributed by atoms with Crippen LogP contribution in [0.2, 0.25) is 0 Å². The van der Waals surface area contributed by atoms with E-state index in [9.17, 15) is 21.6 Å². The van der Waals surface area contributed by atoms with E-state index in [-0.39, 0.29) is 26.9 Å². The fraction of sp³-hybridized carbons (Fsp3) is 0.480. The number of carbonyl (C=O) groups excluding carboxylic acids is 1. The number of ether oxygens (including phenoxy) is 1. The van der Waals surface area contributed by atoms with E-state index in [0.717, 1.165) is 44.9 Å². The number of piperidine rings is 1. The first-order valence-corrected chi connectivity index (χ1v) is 15.2. The molecule has 0 radical (unpaired) electrons. The molecular weight excluding hydrogens is 502 g/mol. The van der Waals surface area contributed by atoms with Gasteiger partial charge in [-0.1, -0.05) is 12.8 Å². The summed E-state index contributed by atoms with van der Waals surface area (Å²) in [4.78, 5) is 14.8. The van der Waals surface area contributed by atoms with Crippen LogP contribution in [0.25, 0.3) is 0 Å². The average molecular weight is 536 g/mol. The van der Waals surface area contributed by atoms with Gasteiger partial charge in [-0.2, -0.15) is 4.31 Å². The molecule has 2 fully saturated rings. The molecule has 2 aliphatic heterocycles. The zero-order valence-electron chi connectivity index (χ0n) is 20.5. The van der Waals surface area contributed by atoms with Crippen molar-refractivity contribution in [3.05, 3.63) is 48.0 Å². The van der Waals surface area contributed by atoms with E-state index in [1.165, 1.54) is 53.9 Å². The van der Waals surface area contributed by atoms with Gasteiger partial charge in [-0.3, -0.25) is 9.52 Å². The number of rotatable bonds is 7. The van der Waals surface area contributed by atoms with Gasteiger partial charge in [0.25, 0.3) is 15.9 Å². The van der Waals surface area contributed by atoms with Gasteiger partial charge in [0.15, 0.2) is 0 Å². The Kier molecular flexibility index (Phi) is 8.21. The van der Waals surface area contributed by atoms with Crippen molar-refractivity contribution in [2.24, 2.45) is 0 Å². The smallest absolute Gasteiger partial charge is 0.261 e. The van der Waals surface area contributed by atoms with E-state index in [0.29, 0.717) is 31.9 Å². The fourth-order valence-electron chi connectivity index (χ4n) is 4.63. The van der Waals surface area contributed by atoms with Crippen LogP contribution in [0.3, 0.4) is 0 Å². The minimum Gasteiger partial charge on any atom is -0.496 e. The lowest BCUT2D eigenvalue weighted by Crippen LogP contribution is -2.35. The number of likely N-dealkylation sites (tertiary alicyclic amines) is 1. The standard InChI is InChI=1S/C25H33N3O6S2/c1-34-24-14-13-22(19-23(24)25(29)27-15-5-4-6-16-27)35(30,31)26-20-9-11-21(12-10-20)36(32,33)28-17-7-2-3-8-18-28/h9-14,19,26H,2-8,15-18H2,1H3. The molecule has 2 heterocycles. The van der Waals surface area contributed by atoms with Crippen molar-refractivity contribution >= 4 is 31.6 Å². The predicted molar refractivity (Wildman–Crippen MR) is 137 cm³/mol. The van der Waals surface area contributed by atoms with Gasteiger partial charge in [0, 0.05) is 31.9 Å². The summed E-state index contributed by atoms with van der Waals surface area (Å²) in [5, 5.41) is 0. The number of hydrogen-bond acceptors (Lipinski definition) is 6. The molecule has 1 amide bonds. The number of carbonyl (C=O) groups is 1. The molecule has 2 aromatic carbocycles. The Morgan fingerprint density at radius 2 is 1.33 bits per heavy atom. The Morgan fingerprint density at radius 3 is 1.94 bits per heavy atom.